The number of hydrogen-bond donors (Lipinski definition) is 0. The molecule has 0 atom stereocenters. The molecule has 3 rings (SSSR count). The second kappa shape index (κ2) is 5.86. The van der Waals surface area contributed by atoms with E-state index in [-0.39, 0.29) is 0 Å². The summed E-state index contributed by atoms with van der Waals surface area (Å²) in [6.07, 6.45) is 0. The third-order valence-electron chi connectivity index (χ3n) is 3.44. The van der Waals surface area contributed by atoms with E-state index in [4.69, 9.17) is 4.74 Å². The SMILES string of the molecule is Cc1ccc2cccc(Oc3ccc(CBr)cc3C)c2n1. The topological polar surface area (TPSA) is 22.1 Å². The van der Waals surface area contributed by atoms with Gasteiger partial charge in [-0.2, -0.15) is 0 Å². The highest BCUT2D eigenvalue weighted by Gasteiger charge is 2.07. The number of rotatable bonds is 3. The van der Waals surface area contributed by atoms with E-state index in [0.29, 0.717) is 0 Å². The summed E-state index contributed by atoms with van der Waals surface area (Å²) in [7, 11) is 0. The number of benzene rings is 2. The number of pyridine rings is 1. The van der Waals surface area contributed by atoms with Gasteiger partial charge in [-0.15, -0.1) is 0 Å². The molecule has 0 aliphatic heterocycles. The van der Waals surface area contributed by atoms with Crippen LogP contribution < -0.4 is 4.74 Å². The summed E-state index contributed by atoms with van der Waals surface area (Å²) in [5, 5.41) is 1.94. The lowest BCUT2D eigenvalue weighted by atomic mass is 10.1. The number of para-hydroxylation sites is 1. The lowest BCUT2D eigenvalue weighted by Gasteiger charge is -2.11. The molecule has 0 radical (unpaired) electrons. The van der Waals surface area contributed by atoms with E-state index < -0.39 is 0 Å². The van der Waals surface area contributed by atoms with Gasteiger partial charge in [-0.3, -0.25) is 0 Å². The Labute approximate surface area is 132 Å². The molecule has 3 aromatic rings. The van der Waals surface area contributed by atoms with Gasteiger partial charge in [0, 0.05) is 16.4 Å². The van der Waals surface area contributed by atoms with E-state index in [0.717, 1.165) is 39.0 Å². The third kappa shape index (κ3) is 2.93. The molecule has 0 saturated carbocycles. The Kier molecular flexibility index (Phi) is 3.93. The average molecular weight is 342 g/mol. The summed E-state index contributed by atoms with van der Waals surface area (Å²) in [5.41, 5.74) is 4.26. The van der Waals surface area contributed by atoms with E-state index in [1.165, 1.54) is 5.56 Å². The molecular formula is C18H16BrNO. The zero-order chi connectivity index (χ0) is 14.8. The molecule has 1 heterocycles. The Morgan fingerprint density at radius 2 is 1.86 bits per heavy atom. The molecule has 0 amide bonds. The van der Waals surface area contributed by atoms with Gasteiger partial charge >= 0.3 is 0 Å². The van der Waals surface area contributed by atoms with Crippen LogP contribution in [0, 0.1) is 13.8 Å². The lowest BCUT2D eigenvalue weighted by Crippen LogP contribution is -1.92. The van der Waals surface area contributed by atoms with Crippen molar-refractivity contribution in [2.75, 3.05) is 0 Å². The number of aryl methyl sites for hydroxylation is 2. The maximum absolute atomic E-state index is 6.10. The van der Waals surface area contributed by atoms with Gasteiger partial charge in [0.25, 0.3) is 0 Å². The molecule has 0 saturated heterocycles. The fourth-order valence-electron chi connectivity index (χ4n) is 2.33. The van der Waals surface area contributed by atoms with Crippen molar-refractivity contribution in [1.82, 2.24) is 4.98 Å². The predicted octanol–water partition coefficient (Wildman–Crippen LogP) is 5.54. The average Bonchev–Trinajstić information content (AvgIpc) is 2.49. The quantitative estimate of drug-likeness (QED) is 0.583. The van der Waals surface area contributed by atoms with Crippen molar-refractivity contribution in [1.29, 1.82) is 0 Å². The summed E-state index contributed by atoms with van der Waals surface area (Å²) in [4.78, 5) is 4.60. The van der Waals surface area contributed by atoms with Crippen LogP contribution in [0.1, 0.15) is 16.8 Å². The Morgan fingerprint density at radius 3 is 2.62 bits per heavy atom. The van der Waals surface area contributed by atoms with Gasteiger partial charge in [0.1, 0.15) is 11.3 Å². The Hall–Kier alpha value is -1.87. The van der Waals surface area contributed by atoms with Crippen molar-refractivity contribution in [3.05, 3.63) is 65.4 Å². The van der Waals surface area contributed by atoms with Gasteiger partial charge in [-0.1, -0.05) is 46.3 Å². The van der Waals surface area contributed by atoms with Crippen LogP contribution in [0.15, 0.2) is 48.5 Å². The minimum absolute atomic E-state index is 0.797. The van der Waals surface area contributed by atoms with E-state index in [9.17, 15) is 0 Å². The highest BCUT2D eigenvalue weighted by Crippen LogP contribution is 2.31. The molecule has 1 aromatic heterocycles. The van der Waals surface area contributed by atoms with E-state index in [1.807, 2.05) is 31.2 Å². The number of halogens is 1. The Bertz CT molecular complexity index is 798. The molecule has 2 nitrogen and oxygen atoms in total. The number of hydrogen-bond acceptors (Lipinski definition) is 2. The van der Waals surface area contributed by atoms with Gasteiger partial charge in [0.05, 0.1) is 0 Å². The summed E-state index contributed by atoms with van der Waals surface area (Å²) in [6.45, 7) is 4.05. The smallest absolute Gasteiger partial charge is 0.153 e. The molecule has 0 aliphatic carbocycles. The van der Waals surface area contributed by atoms with Crippen molar-refractivity contribution in [3.8, 4) is 11.5 Å². The van der Waals surface area contributed by atoms with Crippen LogP contribution in [-0.2, 0) is 5.33 Å². The fourth-order valence-corrected chi connectivity index (χ4v) is 2.68. The summed E-state index contributed by atoms with van der Waals surface area (Å²) >= 11 is 3.47. The molecule has 106 valence electrons. The van der Waals surface area contributed by atoms with Crippen LogP contribution in [0.2, 0.25) is 0 Å². The van der Waals surface area contributed by atoms with Crippen LogP contribution in [-0.4, -0.2) is 4.98 Å². The van der Waals surface area contributed by atoms with Crippen LogP contribution in [0.4, 0.5) is 0 Å². The fraction of sp³-hybridized carbons (Fsp3) is 0.167. The van der Waals surface area contributed by atoms with Crippen molar-refractivity contribution in [2.24, 2.45) is 0 Å². The van der Waals surface area contributed by atoms with E-state index in [1.54, 1.807) is 0 Å². The third-order valence-corrected chi connectivity index (χ3v) is 4.08. The van der Waals surface area contributed by atoms with E-state index in [2.05, 4.69) is 52.1 Å². The monoisotopic (exact) mass is 341 g/mol. The molecule has 0 spiro atoms. The molecule has 0 aliphatic rings. The van der Waals surface area contributed by atoms with Gasteiger partial charge in [0.15, 0.2) is 5.75 Å². The highest BCUT2D eigenvalue weighted by atomic mass is 79.9. The van der Waals surface area contributed by atoms with Gasteiger partial charge in [0.2, 0.25) is 0 Å². The van der Waals surface area contributed by atoms with Crippen molar-refractivity contribution in [3.63, 3.8) is 0 Å². The minimum atomic E-state index is 0.797. The first-order valence-electron chi connectivity index (χ1n) is 6.87. The first kappa shape index (κ1) is 14.1. The Morgan fingerprint density at radius 1 is 1.00 bits per heavy atom. The molecule has 0 unspecified atom stereocenters. The molecule has 21 heavy (non-hydrogen) atoms. The first-order valence-corrected chi connectivity index (χ1v) is 7.99. The zero-order valence-corrected chi connectivity index (χ0v) is 13.6. The summed E-state index contributed by atoms with van der Waals surface area (Å²) in [5.74, 6) is 1.67. The van der Waals surface area contributed by atoms with Crippen LogP contribution in [0.3, 0.4) is 0 Å². The minimum Gasteiger partial charge on any atom is -0.455 e. The van der Waals surface area contributed by atoms with Crippen molar-refractivity contribution in [2.45, 2.75) is 19.2 Å². The standard InChI is InChI=1S/C18H16BrNO/c1-12-10-14(11-19)7-9-16(12)21-17-5-3-4-15-8-6-13(2)20-18(15)17/h3-10H,11H2,1-2H3. The molecule has 0 N–H and O–H groups in total. The second-order valence-corrected chi connectivity index (χ2v) is 5.68. The van der Waals surface area contributed by atoms with Crippen LogP contribution in [0.5, 0.6) is 11.5 Å². The van der Waals surface area contributed by atoms with Gasteiger partial charge in [-0.05, 0) is 43.2 Å². The Balaban J connectivity index is 2.04. The highest BCUT2D eigenvalue weighted by molar-refractivity contribution is 9.08. The molecule has 0 fully saturated rings. The number of fused-ring (bicyclic) bond motifs is 1. The number of aromatic nitrogens is 1. The largest absolute Gasteiger partial charge is 0.455 e. The first-order chi connectivity index (χ1) is 10.2. The van der Waals surface area contributed by atoms with Crippen molar-refractivity contribution < 1.29 is 4.74 Å². The number of ether oxygens (including phenoxy) is 1. The second-order valence-electron chi connectivity index (χ2n) is 5.12. The molecular weight excluding hydrogens is 326 g/mol. The van der Waals surface area contributed by atoms with Crippen LogP contribution in [0.25, 0.3) is 10.9 Å². The summed E-state index contributed by atoms with van der Waals surface area (Å²) in [6, 6.07) is 16.3. The van der Waals surface area contributed by atoms with Crippen molar-refractivity contribution >= 4 is 26.8 Å². The maximum atomic E-state index is 6.10. The van der Waals surface area contributed by atoms with Gasteiger partial charge < -0.3 is 4.74 Å². The van der Waals surface area contributed by atoms with E-state index >= 15 is 0 Å². The van der Waals surface area contributed by atoms with Gasteiger partial charge in [-0.25, -0.2) is 4.98 Å². The summed E-state index contributed by atoms with van der Waals surface area (Å²) < 4.78 is 6.10. The predicted molar refractivity (Wildman–Crippen MR) is 90.4 cm³/mol. The molecule has 0 bridgehead atoms. The lowest BCUT2D eigenvalue weighted by molar-refractivity contribution is 0.483. The number of nitrogens with zero attached hydrogens (tertiary/aromatic N) is 1. The molecule has 2 aromatic carbocycles. The molecule has 3 heteroatoms. The van der Waals surface area contributed by atoms with Crippen LogP contribution >= 0.6 is 15.9 Å². The zero-order valence-electron chi connectivity index (χ0n) is 12.1. The maximum Gasteiger partial charge on any atom is 0.153 e. The number of alkyl halides is 1. The normalized spacial score (nSPS) is 10.8.